The highest BCUT2D eigenvalue weighted by atomic mass is 16.5. The molecular formula is C23H23N5O4. The molecule has 1 fully saturated rings. The summed E-state index contributed by atoms with van der Waals surface area (Å²) >= 11 is 0. The fourth-order valence-corrected chi connectivity index (χ4v) is 4.60. The molecule has 2 amide bonds. The molecule has 9 nitrogen and oxygen atoms in total. The molecule has 164 valence electrons. The van der Waals surface area contributed by atoms with E-state index in [4.69, 9.17) is 4.52 Å². The van der Waals surface area contributed by atoms with Crippen molar-refractivity contribution in [3.63, 3.8) is 0 Å². The van der Waals surface area contributed by atoms with E-state index in [-0.39, 0.29) is 35.8 Å². The molecule has 9 heteroatoms. The smallest absolute Gasteiger partial charge is 0.264 e. The normalized spacial score (nSPS) is 18.5. The summed E-state index contributed by atoms with van der Waals surface area (Å²) in [6.45, 7) is 2.99. The van der Waals surface area contributed by atoms with Gasteiger partial charge in [-0.05, 0) is 31.4 Å². The van der Waals surface area contributed by atoms with E-state index in [1.54, 1.807) is 12.1 Å². The third-order valence-corrected chi connectivity index (χ3v) is 6.23. The Morgan fingerprint density at radius 1 is 1.16 bits per heavy atom. The number of nitrogens with one attached hydrogen (secondary N) is 2. The van der Waals surface area contributed by atoms with Gasteiger partial charge in [0.05, 0.1) is 23.9 Å². The monoisotopic (exact) mass is 433 g/mol. The average Bonchev–Trinajstić information content (AvgIpc) is 3.37. The number of benzene rings is 1. The Balaban J connectivity index is 1.27. The maximum Gasteiger partial charge on any atom is 0.264 e. The van der Waals surface area contributed by atoms with Gasteiger partial charge in [-0.3, -0.25) is 14.4 Å². The quantitative estimate of drug-likeness (QED) is 0.651. The number of likely N-dealkylation sites (tertiary alicyclic amines) is 1. The lowest BCUT2D eigenvalue weighted by atomic mass is 9.89. The Morgan fingerprint density at radius 3 is 2.69 bits per heavy atom. The van der Waals surface area contributed by atoms with Gasteiger partial charge in [0.25, 0.3) is 11.5 Å². The molecule has 2 aliphatic rings. The van der Waals surface area contributed by atoms with Gasteiger partial charge in [-0.1, -0.05) is 23.4 Å². The van der Waals surface area contributed by atoms with Gasteiger partial charge in [-0.2, -0.15) is 5.10 Å². The van der Waals surface area contributed by atoms with Gasteiger partial charge in [0.1, 0.15) is 0 Å². The minimum atomic E-state index is -0.302. The number of nitrogens with zero attached hydrogens (tertiary/aromatic N) is 3. The van der Waals surface area contributed by atoms with Crippen LogP contribution in [0.25, 0.3) is 11.3 Å². The summed E-state index contributed by atoms with van der Waals surface area (Å²) < 4.78 is 5.37. The van der Waals surface area contributed by atoms with Gasteiger partial charge < -0.3 is 14.7 Å². The highest BCUT2D eigenvalue weighted by molar-refractivity contribution is 5.99. The summed E-state index contributed by atoms with van der Waals surface area (Å²) in [5, 5.41) is 13.6. The van der Waals surface area contributed by atoms with Crippen molar-refractivity contribution in [2.45, 2.75) is 38.1 Å². The standard InChI is InChI=1S/C23H23N5O4/c1-13-10-19(32-27-13)17-11-20(29)25-26-22(17)14-6-8-28(9-7-14)21(30)12-18-15-4-2-3-5-16(15)23(31)24-18/h2-5,10-11,14,18H,6-9,12H2,1H3,(H,24,31)(H,25,29). The van der Waals surface area contributed by atoms with Crippen molar-refractivity contribution in [2.24, 2.45) is 0 Å². The molecule has 2 N–H and O–H groups in total. The summed E-state index contributed by atoms with van der Waals surface area (Å²) in [7, 11) is 0. The zero-order valence-corrected chi connectivity index (χ0v) is 17.6. The molecule has 4 heterocycles. The lowest BCUT2D eigenvalue weighted by Crippen LogP contribution is -2.39. The molecule has 5 rings (SSSR count). The number of piperidine rings is 1. The minimum Gasteiger partial charge on any atom is -0.356 e. The van der Waals surface area contributed by atoms with Crippen LogP contribution in [0.1, 0.15) is 58.5 Å². The topological polar surface area (TPSA) is 121 Å². The Hall–Kier alpha value is -3.75. The molecule has 1 aromatic carbocycles. The van der Waals surface area contributed by atoms with E-state index in [1.807, 2.05) is 30.0 Å². The number of aromatic nitrogens is 3. The van der Waals surface area contributed by atoms with Gasteiger partial charge in [0.2, 0.25) is 5.91 Å². The number of carbonyl (C=O) groups excluding carboxylic acids is 2. The van der Waals surface area contributed by atoms with Gasteiger partial charge in [-0.25, -0.2) is 5.10 Å². The molecule has 1 unspecified atom stereocenters. The van der Waals surface area contributed by atoms with Crippen molar-refractivity contribution in [1.29, 1.82) is 0 Å². The Kier molecular flexibility index (Phi) is 5.08. The molecule has 0 radical (unpaired) electrons. The van der Waals surface area contributed by atoms with Gasteiger partial charge in [0, 0.05) is 42.3 Å². The van der Waals surface area contributed by atoms with Crippen molar-refractivity contribution in [1.82, 2.24) is 25.6 Å². The number of amides is 2. The predicted octanol–water partition coefficient (Wildman–Crippen LogP) is 2.31. The lowest BCUT2D eigenvalue weighted by Gasteiger charge is -2.32. The summed E-state index contributed by atoms with van der Waals surface area (Å²) in [4.78, 5) is 38.8. The van der Waals surface area contributed by atoms with Crippen molar-refractivity contribution < 1.29 is 14.1 Å². The molecule has 0 aliphatic carbocycles. The highest BCUT2D eigenvalue weighted by Gasteiger charge is 2.33. The first-order valence-electron chi connectivity index (χ1n) is 10.7. The number of hydrogen-bond acceptors (Lipinski definition) is 6. The van der Waals surface area contributed by atoms with Crippen LogP contribution in [0.15, 0.2) is 45.7 Å². The van der Waals surface area contributed by atoms with E-state index in [2.05, 4.69) is 20.7 Å². The first-order chi connectivity index (χ1) is 15.5. The maximum atomic E-state index is 12.9. The molecule has 0 bridgehead atoms. The second-order valence-electron chi connectivity index (χ2n) is 8.34. The molecule has 2 aliphatic heterocycles. The van der Waals surface area contributed by atoms with E-state index >= 15 is 0 Å². The van der Waals surface area contributed by atoms with E-state index < -0.39 is 0 Å². The van der Waals surface area contributed by atoms with Crippen molar-refractivity contribution in [2.75, 3.05) is 13.1 Å². The SMILES string of the molecule is Cc1cc(-c2cc(=O)[nH]nc2C2CCN(C(=O)CC3NC(=O)c4ccccc43)CC2)on1. The van der Waals surface area contributed by atoms with Crippen LogP contribution < -0.4 is 10.9 Å². The van der Waals surface area contributed by atoms with Crippen LogP contribution in [0.5, 0.6) is 0 Å². The second-order valence-corrected chi connectivity index (χ2v) is 8.34. The molecule has 1 saturated heterocycles. The van der Waals surface area contributed by atoms with Crippen molar-refractivity contribution in [3.05, 3.63) is 69.3 Å². The Labute approximate surface area is 183 Å². The summed E-state index contributed by atoms with van der Waals surface area (Å²) in [6, 6.07) is 10.4. The molecule has 0 saturated carbocycles. The van der Waals surface area contributed by atoms with Crippen LogP contribution in [-0.2, 0) is 4.79 Å². The summed E-state index contributed by atoms with van der Waals surface area (Å²) in [5.74, 6) is 0.496. The zero-order valence-electron chi connectivity index (χ0n) is 17.6. The van der Waals surface area contributed by atoms with Crippen LogP contribution in [-0.4, -0.2) is 45.2 Å². The number of fused-ring (bicyclic) bond motifs is 1. The molecule has 3 aromatic rings. The third-order valence-electron chi connectivity index (χ3n) is 6.23. The lowest BCUT2D eigenvalue weighted by molar-refractivity contribution is -0.132. The largest absolute Gasteiger partial charge is 0.356 e. The van der Waals surface area contributed by atoms with Crippen LogP contribution in [0.3, 0.4) is 0 Å². The molecule has 1 atom stereocenters. The Bertz CT molecular complexity index is 1240. The maximum absolute atomic E-state index is 12.9. The molecule has 32 heavy (non-hydrogen) atoms. The number of carbonyl (C=O) groups is 2. The average molecular weight is 433 g/mol. The van der Waals surface area contributed by atoms with Gasteiger partial charge in [-0.15, -0.1) is 0 Å². The van der Waals surface area contributed by atoms with Crippen LogP contribution >= 0.6 is 0 Å². The molecule has 0 spiro atoms. The Morgan fingerprint density at radius 2 is 1.94 bits per heavy atom. The number of rotatable bonds is 4. The van der Waals surface area contributed by atoms with E-state index in [0.29, 0.717) is 30.0 Å². The van der Waals surface area contributed by atoms with Crippen LogP contribution in [0, 0.1) is 6.92 Å². The zero-order chi connectivity index (χ0) is 22.2. The predicted molar refractivity (Wildman–Crippen MR) is 115 cm³/mol. The highest BCUT2D eigenvalue weighted by Crippen LogP contribution is 2.34. The molecular weight excluding hydrogens is 410 g/mol. The van der Waals surface area contributed by atoms with Crippen LogP contribution in [0.2, 0.25) is 0 Å². The van der Waals surface area contributed by atoms with Gasteiger partial charge >= 0.3 is 0 Å². The van der Waals surface area contributed by atoms with E-state index in [0.717, 1.165) is 29.8 Å². The van der Waals surface area contributed by atoms with Gasteiger partial charge in [0.15, 0.2) is 5.76 Å². The van der Waals surface area contributed by atoms with Crippen molar-refractivity contribution >= 4 is 11.8 Å². The van der Waals surface area contributed by atoms with Crippen molar-refractivity contribution in [3.8, 4) is 11.3 Å². The number of hydrogen-bond donors (Lipinski definition) is 2. The fraction of sp³-hybridized carbons (Fsp3) is 0.348. The summed E-state index contributed by atoms with van der Waals surface area (Å²) in [6.07, 6.45) is 1.68. The third kappa shape index (κ3) is 3.70. The fourth-order valence-electron chi connectivity index (χ4n) is 4.60. The second kappa shape index (κ2) is 8.07. The van der Waals surface area contributed by atoms with E-state index in [9.17, 15) is 14.4 Å². The first kappa shape index (κ1) is 20.2. The van der Waals surface area contributed by atoms with E-state index in [1.165, 1.54) is 6.07 Å². The molecule has 2 aromatic heterocycles. The number of aryl methyl sites for hydroxylation is 1. The first-order valence-corrected chi connectivity index (χ1v) is 10.7. The van der Waals surface area contributed by atoms with Crippen LogP contribution in [0.4, 0.5) is 0 Å². The minimum absolute atomic E-state index is 0.0194. The number of H-pyrrole nitrogens is 1. The summed E-state index contributed by atoms with van der Waals surface area (Å²) in [5.41, 5.74) is 3.35. The number of aromatic amines is 1.